The summed E-state index contributed by atoms with van der Waals surface area (Å²) in [7, 11) is 0. The van der Waals surface area contributed by atoms with Gasteiger partial charge >= 0.3 is 0 Å². The summed E-state index contributed by atoms with van der Waals surface area (Å²) in [5, 5.41) is 7.34. The number of rotatable bonds is 5. The van der Waals surface area contributed by atoms with Gasteiger partial charge in [-0.15, -0.1) is 11.3 Å². The predicted octanol–water partition coefficient (Wildman–Crippen LogP) is 4.00. The van der Waals surface area contributed by atoms with Crippen molar-refractivity contribution in [2.45, 2.75) is 6.54 Å². The van der Waals surface area contributed by atoms with E-state index in [0.29, 0.717) is 26.6 Å². The summed E-state index contributed by atoms with van der Waals surface area (Å²) >= 11 is 7.47. The molecule has 0 aliphatic heterocycles. The van der Waals surface area contributed by atoms with Crippen LogP contribution in [0.5, 0.6) is 0 Å². The summed E-state index contributed by atoms with van der Waals surface area (Å²) in [5.74, 6) is -0.392. The summed E-state index contributed by atoms with van der Waals surface area (Å²) in [4.78, 5) is 35.0. The standard InChI is InChI=1S/C22H15ClN6O2S/c23-15-6-7-18(29-12-24-11-26-29)16(8-15)27-20(30)10-28-13-25-17-9-19(32-21(17)22(28)31)14-4-2-1-3-5-14/h1-9,11-13H,10H2,(H,27,30). The third-order valence-corrected chi connectivity index (χ3v) is 6.17. The highest BCUT2D eigenvalue weighted by Gasteiger charge is 2.14. The van der Waals surface area contributed by atoms with E-state index in [1.807, 2.05) is 36.4 Å². The molecule has 32 heavy (non-hydrogen) atoms. The maximum atomic E-state index is 13.0. The van der Waals surface area contributed by atoms with Crippen molar-refractivity contribution in [1.82, 2.24) is 24.3 Å². The zero-order chi connectivity index (χ0) is 22.1. The van der Waals surface area contributed by atoms with Crippen LogP contribution in [0, 0.1) is 0 Å². The van der Waals surface area contributed by atoms with Crippen LogP contribution in [0.4, 0.5) is 5.69 Å². The van der Waals surface area contributed by atoms with Gasteiger partial charge < -0.3 is 5.32 Å². The maximum absolute atomic E-state index is 13.0. The molecule has 0 aliphatic rings. The number of anilines is 1. The summed E-state index contributed by atoms with van der Waals surface area (Å²) in [5.41, 5.74) is 2.42. The van der Waals surface area contributed by atoms with E-state index in [0.717, 1.165) is 10.4 Å². The van der Waals surface area contributed by atoms with Gasteiger partial charge in [0.25, 0.3) is 5.56 Å². The maximum Gasteiger partial charge on any atom is 0.271 e. The predicted molar refractivity (Wildman–Crippen MR) is 124 cm³/mol. The molecule has 0 saturated carbocycles. The highest BCUT2D eigenvalue weighted by Crippen LogP contribution is 2.30. The molecule has 0 aliphatic carbocycles. The zero-order valence-electron chi connectivity index (χ0n) is 16.5. The highest BCUT2D eigenvalue weighted by atomic mass is 35.5. The Kier molecular flexibility index (Phi) is 5.26. The minimum atomic E-state index is -0.392. The van der Waals surface area contributed by atoms with Crippen LogP contribution in [-0.4, -0.2) is 30.2 Å². The molecule has 2 aromatic carbocycles. The van der Waals surface area contributed by atoms with Gasteiger partial charge in [0.05, 0.1) is 23.2 Å². The Balaban J connectivity index is 1.42. The van der Waals surface area contributed by atoms with E-state index in [1.54, 1.807) is 18.2 Å². The molecule has 0 spiro atoms. The lowest BCUT2D eigenvalue weighted by molar-refractivity contribution is -0.116. The number of nitrogens with zero attached hydrogens (tertiary/aromatic N) is 5. The van der Waals surface area contributed by atoms with Crippen LogP contribution in [0.1, 0.15) is 0 Å². The van der Waals surface area contributed by atoms with Crippen molar-refractivity contribution in [1.29, 1.82) is 0 Å². The van der Waals surface area contributed by atoms with Gasteiger partial charge in [-0.1, -0.05) is 41.9 Å². The number of hydrogen-bond acceptors (Lipinski definition) is 6. The number of amides is 1. The number of nitrogens with one attached hydrogen (secondary N) is 1. The van der Waals surface area contributed by atoms with Crippen molar-refractivity contribution in [2.75, 3.05) is 5.32 Å². The van der Waals surface area contributed by atoms with Gasteiger partial charge in [0.2, 0.25) is 5.91 Å². The van der Waals surface area contributed by atoms with E-state index < -0.39 is 5.91 Å². The van der Waals surface area contributed by atoms with Gasteiger partial charge in [-0.2, -0.15) is 5.10 Å². The van der Waals surface area contributed by atoms with E-state index in [4.69, 9.17) is 11.6 Å². The molecule has 5 aromatic rings. The second-order valence-electron chi connectivity index (χ2n) is 6.92. The van der Waals surface area contributed by atoms with Crippen molar-refractivity contribution in [3.8, 4) is 16.1 Å². The third kappa shape index (κ3) is 3.91. The monoisotopic (exact) mass is 462 g/mol. The normalized spacial score (nSPS) is 11.0. The van der Waals surface area contributed by atoms with Crippen molar-refractivity contribution in [3.63, 3.8) is 0 Å². The molecule has 1 amide bonds. The van der Waals surface area contributed by atoms with Gasteiger partial charge in [0.1, 0.15) is 23.9 Å². The van der Waals surface area contributed by atoms with Crippen LogP contribution >= 0.6 is 22.9 Å². The molecule has 0 saturated heterocycles. The van der Waals surface area contributed by atoms with Crippen LogP contribution in [0.15, 0.2) is 78.4 Å². The van der Waals surface area contributed by atoms with Crippen molar-refractivity contribution in [3.05, 3.63) is 89.0 Å². The quantitative estimate of drug-likeness (QED) is 0.426. The largest absolute Gasteiger partial charge is 0.323 e. The lowest BCUT2D eigenvalue weighted by Crippen LogP contribution is -2.27. The molecular weight excluding hydrogens is 448 g/mol. The minimum Gasteiger partial charge on any atom is -0.323 e. The van der Waals surface area contributed by atoms with Gasteiger partial charge in [-0.3, -0.25) is 14.2 Å². The molecule has 158 valence electrons. The molecule has 8 nitrogen and oxygen atoms in total. The van der Waals surface area contributed by atoms with E-state index in [1.165, 1.54) is 39.6 Å². The first-order valence-corrected chi connectivity index (χ1v) is 10.8. The van der Waals surface area contributed by atoms with Crippen LogP contribution < -0.4 is 10.9 Å². The number of hydrogen-bond donors (Lipinski definition) is 1. The number of aromatic nitrogens is 5. The molecule has 0 fully saturated rings. The molecule has 1 N–H and O–H groups in total. The van der Waals surface area contributed by atoms with Crippen LogP contribution in [0.2, 0.25) is 5.02 Å². The average Bonchev–Trinajstić information content (AvgIpc) is 3.47. The molecule has 0 bridgehead atoms. The van der Waals surface area contributed by atoms with Crippen molar-refractivity contribution in [2.24, 2.45) is 0 Å². The lowest BCUT2D eigenvalue weighted by Gasteiger charge is -2.12. The highest BCUT2D eigenvalue weighted by molar-refractivity contribution is 7.22. The Morgan fingerprint density at radius 3 is 2.72 bits per heavy atom. The average molecular weight is 463 g/mol. The van der Waals surface area contributed by atoms with Gasteiger partial charge in [-0.25, -0.2) is 14.6 Å². The second kappa shape index (κ2) is 8.37. The molecule has 10 heteroatoms. The smallest absolute Gasteiger partial charge is 0.271 e. The molecule has 3 aromatic heterocycles. The fraction of sp³-hybridized carbons (Fsp3) is 0.0455. The SMILES string of the molecule is O=C(Cn1cnc2cc(-c3ccccc3)sc2c1=O)Nc1cc(Cl)ccc1-n1cncn1. The Bertz CT molecular complexity index is 1480. The first-order chi connectivity index (χ1) is 15.6. The lowest BCUT2D eigenvalue weighted by atomic mass is 10.2. The van der Waals surface area contributed by atoms with E-state index in [2.05, 4.69) is 20.4 Å². The van der Waals surface area contributed by atoms with Crippen LogP contribution in [0.3, 0.4) is 0 Å². The van der Waals surface area contributed by atoms with Crippen molar-refractivity contribution < 1.29 is 4.79 Å². The number of benzene rings is 2. The Labute approximate surface area is 190 Å². The van der Waals surface area contributed by atoms with E-state index >= 15 is 0 Å². The first-order valence-electron chi connectivity index (χ1n) is 9.57. The number of halogens is 1. The summed E-state index contributed by atoms with van der Waals surface area (Å²) in [6.07, 6.45) is 4.30. The summed E-state index contributed by atoms with van der Waals surface area (Å²) < 4.78 is 3.32. The van der Waals surface area contributed by atoms with Crippen molar-refractivity contribution >= 4 is 44.7 Å². The number of fused-ring (bicyclic) bond motifs is 1. The van der Waals surface area contributed by atoms with Gasteiger partial charge in [0, 0.05) is 9.90 Å². The molecule has 3 heterocycles. The van der Waals surface area contributed by atoms with Gasteiger partial charge in [-0.05, 0) is 29.8 Å². The summed E-state index contributed by atoms with van der Waals surface area (Å²) in [6.45, 7) is -0.191. The van der Waals surface area contributed by atoms with E-state index in [-0.39, 0.29) is 12.1 Å². The Morgan fingerprint density at radius 2 is 1.94 bits per heavy atom. The third-order valence-electron chi connectivity index (χ3n) is 4.77. The molecule has 0 unspecified atom stereocenters. The fourth-order valence-corrected chi connectivity index (χ4v) is 4.53. The Hall–Kier alpha value is -3.82. The Morgan fingerprint density at radius 1 is 1.09 bits per heavy atom. The number of thiophene rings is 1. The molecule has 0 radical (unpaired) electrons. The molecular formula is C22H15ClN6O2S. The molecule has 5 rings (SSSR count). The fourth-order valence-electron chi connectivity index (χ4n) is 3.29. The second-order valence-corrected chi connectivity index (χ2v) is 8.41. The first kappa shape index (κ1) is 20.1. The van der Waals surface area contributed by atoms with Gasteiger partial charge in [0.15, 0.2) is 0 Å². The van der Waals surface area contributed by atoms with Crippen LogP contribution in [0.25, 0.3) is 26.3 Å². The van der Waals surface area contributed by atoms with E-state index in [9.17, 15) is 9.59 Å². The summed E-state index contributed by atoms with van der Waals surface area (Å²) in [6, 6.07) is 16.7. The minimum absolute atomic E-state index is 0.191. The van der Waals surface area contributed by atoms with Crippen LogP contribution in [-0.2, 0) is 11.3 Å². The number of carbonyl (C=O) groups is 1. The topological polar surface area (TPSA) is 94.7 Å². The zero-order valence-corrected chi connectivity index (χ0v) is 18.0. The number of carbonyl (C=O) groups excluding carboxylic acids is 1. The molecule has 0 atom stereocenters.